The van der Waals surface area contributed by atoms with Gasteiger partial charge >= 0.3 is 6.18 Å². The van der Waals surface area contributed by atoms with Gasteiger partial charge in [-0.05, 0) is 36.8 Å². The van der Waals surface area contributed by atoms with E-state index in [1.54, 1.807) is 0 Å². The zero-order chi connectivity index (χ0) is 20.0. The van der Waals surface area contributed by atoms with E-state index in [1.165, 1.54) is 25.3 Å². The number of aryl methyl sites for hydroxylation is 1. The maximum absolute atomic E-state index is 13.3. The van der Waals surface area contributed by atoms with Crippen LogP contribution in [0.3, 0.4) is 0 Å². The maximum Gasteiger partial charge on any atom is 0.416 e. The summed E-state index contributed by atoms with van der Waals surface area (Å²) in [7, 11) is 0. The Hall–Kier alpha value is -2.75. The molecule has 0 unspecified atom stereocenters. The van der Waals surface area contributed by atoms with Crippen molar-refractivity contribution in [1.29, 1.82) is 0 Å². The number of rotatable bonds is 4. The van der Waals surface area contributed by atoms with Crippen molar-refractivity contribution in [1.82, 2.24) is 14.8 Å². The van der Waals surface area contributed by atoms with E-state index < -0.39 is 36.6 Å². The number of aliphatic hydroxyl groups excluding tert-OH is 1. The fourth-order valence-corrected chi connectivity index (χ4v) is 2.72. The molecule has 0 saturated carbocycles. The third-order valence-electron chi connectivity index (χ3n) is 3.94. The average molecular weight is 387 g/mol. The molecule has 0 amide bonds. The van der Waals surface area contributed by atoms with Gasteiger partial charge in [-0.2, -0.15) is 18.3 Å². The SMILES string of the molecule is Cc1cc(C(F)(F)F)cc(O)c1-c1ccc2cn(CC(F)(F)CO)nc2n1. The number of phenols is 1. The molecular weight excluding hydrogens is 373 g/mol. The van der Waals surface area contributed by atoms with Crippen LogP contribution in [0, 0.1) is 6.92 Å². The molecule has 0 aliphatic heterocycles. The predicted octanol–water partition coefficient (Wildman–Crippen LogP) is 3.76. The van der Waals surface area contributed by atoms with Crippen molar-refractivity contribution in [3.63, 3.8) is 0 Å². The van der Waals surface area contributed by atoms with Crippen LogP contribution in [0.1, 0.15) is 11.1 Å². The molecule has 0 aliphatic rings. The molecule has 144 valence electrons. The number of aromatic nitrogens is 3. The highest BCUT2D eigenvalue weighted by atomic mass is 19.4. The van der Waals surface area contributed by atoms with Crippen molar-refractivity contribution in [2.75, 3.05) is 6.61 Å². The van der Waals surface area contributed by atoms with E-state index in [2.05, 4.69) is 10.1 Å². The van der Waals surface area contributed by atoms with Crippen LogP contribution in [-0.2, 0) is 12.7 Å². The van der Waals surface area contributed by atoms with Gasteiger partial charge in [0.25, 0.3) is 5.92 Å². The summed E-state index contributed by atoms with van der Waals surface area (Å²) in [4.78, 5) is 4.15. The zero-order valence-corrected chi connectivity index (χ0v) is 13.9. The van der Waals surface area contributed by atoms with Gasteiger partial charge in [0.15, 0.2) is 5.65 Å². The first-order valence-electron chi connectivity index (χ1n) is 7.74. The molecule has 2 N–H and O–H groups in total. The molecule has 10 heteroatoms. The van der Waals surface area contributed by atoms with Gasteiger partial charge in [-0.15, -0.1) is 0 Å². The van der Waals surface area contributed by atoms with Crippen LogP contribution in [-0.4, -0.2) is 37.5 Å². The summed E-state index contributed by atoms with van der Waals surface area (Å²) in [5, 5.41) is 23.0. The van der Waals surface area contributed by atoms with Crippen LogP contribution in [0.5, 0.6) is 5.75 Å². The molecule has 0 atom stereocenters. The number of pyridine rings is 1. The molecule has 0 spiro atoms. The Morgan fingerprint density at radius 3 is 2.41 bits per heavy atom. The second kappa shape index (κ2) is 6.45. The summed E-state index contributed by atoms with van der Waals surface area (Å²) in [5.41, 5.74) is -0.497. The minimum absolute atomic E-state index is 0.0833. The number of alkyl halides is 5. The lowest BCUT2D eigenvalue weighted by Crippen LogP contribution is -2.28. The Bertz CT molecular complexity index is 975. The molecule has 0 bridgehead atoms. The molecule has 3 rings (SSSR count). The Kier molecular flexibility index (Phi) is 4.54. The minimum atomic E-state index is -4.60. The first kappa shape index (κ1) is 19.0. The third-order valence-corrected chi connectivity index (χ3v) is 3.94. The minimum Gasteiger partial charge on any atom is -0.507 e. The van der Waals surface area contributed by atoms with Crippen LogP contribution in [0.2, 0.25) is 0 Å². The van der Waals surface area contributed by atoms with Crippen LogP contribution in [0.15, 0.2) is 30.5 Å². The van der Waals surface area contributed by atoms with Crippen LogP contribution in [0.25, 0.3) is 22.3 Å². The van der Waals surface area contributed by atoms with Gasteiger partial charge in [-0.3, -0.25) is 4.68 Å². The average Bonchev–Trinajstić information content (AvgIpc) is 2.94. The number of hydrogen-bond acceptors (Lipinski definition) is 4. The largest absolute Gasteiger partial charge is 0.507 e. The molecule has 27 heavy (non-hydrogen) atoms. The van der Waals surface area contributed by atoms with Gasteiger partial charge in [0.1, 0.15) is 18.9 Å². The molecule has 0 saturated heterocycles. The Morgan fingerprint density at radius 1 is 1.11 bits per heavy atom. The Labute approximate surface area is 149 Å². The zero-order valence-electron chi connectivity index (χ0n) is 13.9. The first-order chi connectivity index (χ1) is 12.5. The number of fused-ring (bicyclic) bond motifs is 1. The van der Waals surface area contributed by atoms with Crippen molar-refractivity contribution < 1.29 is 32.2 Å². The van der Waals surface area contributed by atoms with Crippen LogP contribution < -0.4 is 0 Å². The molecule has 1 aromatic carbocycles. The summed E-state index contributed by atoms with van der Waals surface area (Å²) < 4.78 is 66.0. The fourth-order valence-electron chi connectivity index (χ4n) is 2.72. The highest BCUT2D eigenvalue weighted by molar-refractivity contribution is 5.80. The Balaban J connectivity index is 2.03. The van der Waals surface area contributed by atoms with Crippen molar-refractivity contribution in [3.8, 4) is 17.0 Å². The highest BCUT2D eigenvalue weighted by Crippen LogP contribution is 2.38. The fraction of sp³-hybridized carbons (Fsp3) is 0.294. The smallest absolute Gasteiger partial charge is 0.416 e. The number of aromatic hydroxyl groups is 1. The van der Waals surface area contributed by atoms with Crippen molar-refractivity contribution >= 4 is 11.0 Å². The first-order valence-corrected chi connectivity index (χ1v) is 7.74. The molecule has 0 radical (unpaired) electrons. The summed E-state index contributed by atoms with van der Waals surface area (Å²) in [6.45, 7) is -0.781. The van der Waals surface area contributed by atoms with Crippen molar-refractivity contribution in [2.45, 2.75) is 25.6 Å². The molecule has 3 aromatic rings. The number of phenolic OH excluding ortho intramolecular Hbond substituents is 1. The lowest BCUT2D eigenvalue weighted by molar-refractivity contribution is -0.137. The number of aliphatic hydroxyl groups is 1. The van der Waals surface area contributed by atoms with Crippen molar-refractivity contribution in [3.05, 3.63) is 41.6 Å². The van der Waals surface area contributed by atoms with Gasteiger partial charge < -0.3 is 10.2 Å². The Morgan fingerprint density at radius 2 is 1.81 bits per heavy atom. The standard InChI is InChI=1S/C17H14F5N3O2/c1-9-4-11(17(20,21)22)5-13(27)14(9)12-3-2-10-6-25(24-15(10)23-12)7-16(18,19)8-26/h2-6,26-27H,7-8H2,1H3. The lowest BCUT2D eigenvalue weighted by Gasteiger charge is -2.13. The molecule has 2 heterocycles. The summed E-state index contributed by atoms with van der Waals surface area (Å²) in [6.07, 6.45) is -3.29. The summed E-state index contributed by atoms with van der Waals surface area (Å²) >= 11 is 0. The van der Waals surface area contributed by atoms with E-state index in [-0.39, 0.29) is 22.5 Å². The van der Waals surface area contributed by atoms with Gasteiger partial charge in [0.05, 0.1) is 11.3 Å². The van der Waals surface area contributed by atoms with Crippen LogP contribution >= 0.6 is 0 Å². The topological polar surface area (TPSA) is 71.2 Å². The van der Waals surface area contributed by atoms with Gasteiger partial charge in [-0.25, -0.2) is 13.8 Å². The summed E-state index contributed by atoms with van der Waals surface area (Å²) in [5.74, 6) is -3.95. The van der Waals surface area contributed by atoms with Crippen LogP contribution in [0.4, 0.5) is 22.0 Å². The molecule has 0 fully saturated rings. The van der Waals surface area contributed by atoms with Gasteiger partial charge in [-0.1, -0.05) is 0 Å². The molecule has 2 aromatic heterocycles. The lowest BCUT2D eigenvalue weighted by atomic mass is 10.00. The van der Waals surface area contributed by atoms with Gasteiger partial charge in [0.2, 0.25) is 0 Å². The van der Waals surface area contributed by atoms with Gasteiger partial charge in [0, 0.05) is 17.1 Å². The number of halogens is 5. The van der Waals surface area contributed by atoms with Crippen molar-refractivity contribution in [2.24, 2.45) is 0 Å². The normalized spacial score (nSPS) is 12.7. The summed E-state index contributed by atoms with van der Waals surface area (Å²) in [6, 6.07) is 4.46. The second-order valence-corrected chi connectivity index (χ2v) is 6.14. The molecule has 5 nitrogen and oxygen atoms in total. The quantitative estimate of drug-likeness (QED) is 0.669. The second-order valence-electron chi connectivity index (χ2n) is 6.14. The molecular formula is C17H14F5N3O2. The van der Waals surface area contributed by atoms with E-state index in [0.29, 0.717) is 11.5 Å². The number of hydrogen-bond donors (Lipinski definition) is 2. The van der Waals surface area contributed by atoms with E-state index in [0.717, 1.165) is 10.7 Å². The predicted molar refractivity (Wildman–Crippen MR) is 86.4 cm³/mol. The number of nitrogens with zero attached hydrogens (tertiary/aromatic N) is 3. The third kappa shape index (κ3) is 3.85. The van der Waals surface area contributed by atoms with E-state index >= 15 is 0 Å². The molecule has 0 aliphatic carbocycles. The number of benzene rings is 1. The monoisotopic (exact) mass is 387 g/mol. The van der Waals surface area contributed by atoms with E-state index in [9.17, 15) is 27.1 Å². The highest BCUT2D eigenvalue weighted by Gasteiger charge is 2.32. The van der Waals surface area contributed by atoms with E-state index in [1.807, 2.05) is 0 Å². The van der Waals surface area contributed by atoms with E-state index in [4.69, 9.17) is 5.11 Å². The maximum atomic E-state index is 13.3.